The van der Waals surface area contributed by atoms with Crippen LogP contribution in [-0.2, 0) is 13.7 Å². The van der Waals surface area contributed by atoms with E-state index in [9.17, 15) is 4.79 Å². The molecular formula is C14H16N2O3. The van der Waals surface area contributed by atoms with Crippen LogP contribution < -0.4 is 9.47 Å². The van der Waals surface area contributed by atoms with Crippen LogP contribution in [0.2, 0.25) is 0 Å². The second-order valence-electron chi connectivity index (χ2n) is 4.23. The minimum atomic E-state index is -0.00268. The molecule has 0 saturated heterocycles. The summed E-state index contributed by atoms with van der Waals surface area (Å²) in [7, 11) is 3.40. The zero-order valence-corrected chi connectivity index (χ0v) is 11.2. The first-order valence-electron chi connectivity index (χ1n) is 5.89. The predicted molar refractivity (Wildman–Crippen MR) is 70.5 cm³/mol. The number of ether oxygens (including phenoxy) is 2. The molecule has 1 heterocycles. The normalized spacial score (nSPS) is 10.3. The summed E-state index contributed by atoms with van der Waals surface area (Å²) in [6, 6.07) is 5.15. The molecule has 2 aromatic rings. The van der Waals surface area contributed by atoms with E-state index in [4.69, 9.17) is 9.47 Å². The van der Waals surface area contributed by atoms with E-state index < -0.39 is 0 Å². The van der Waals surface area contributed by atoms with Crippen molar-refractivity contribution in [3.05, 3.63) is 41.7 Å². The summed E-state index contributed by atoms with van der Waals surface area (Å²) in [5.41, 5.74) is 1.57. The molecule has 0 fully saturated rings. The molecule has 19 heavy (non-hydrogen) atoms. The van der Waals surface area contributed by atoms with Gasteiger partial charge in [-0.15, -0.1) is 0 Å². The average Bonchev–Trinajstić information content (AvgIpc) is 2.81. The highest BCUT2D eigenvalue weighted by Crippen LogP contribution is 2.28. The Morgan fingerprint density at radius 1 is 1.37 bits per heavy atom. The minimum Gasteiger partial charge on any atom is -0.493 e. The van der Waals surface area contributed by atoms with Gasteiger partial charge in [0.25, 0.3) is 0 Å². The van der Waals surface area contributed by atoms with E-state index in [1.54, 1.807) is 36.2 Å². The highest BCUT2D eigenvalue weighted by atomic mass is 16.5. The number of aryl methyl sites for hydroxylation is 1. The maximum absolute atomic E-state index is 11.3. The van der Waals surface area contributed by atoms with Crippen LogP contribution in [0.3, 0.4) is 0 Å². The van der Waals surface area contributed by atoms with Crippen molar-refractivity contribution in [1.82, 2.24) is 9.78 Å². The lowest BCUT2D eigenvalue weighted by molar-refractivity contribution is 0.101. The molecule has 2 rings (SSSR count). The van der Waals surface area contributed by atoms with Gasteiger partial charge >= 0.3 is 0 Å². The minimum absolute atomic E-state index is 0.00268. The molecule has 1 aromatic heterocycles. The van der Waals surface area contributed by atoms with Crippen LogP contribution in [0, 0.1) is 0 Å². The third kappa shape index (κ3) is 3.13. The van der Waals surface area contributed by atoms with Gasteiger partial charge in [0.2, 0.25) is 0 Å². The average molecular weight is 260 g/mol. The van der Waals surface area contributed by atoms with Crippen molar-refractivity contribution in [2.24, 2.45) is 7.05 Å². The maximum atomic E-state index is 11.3. The van der Waals surface area contributed by atoms with Gasteiger partial charge in [-0.05, 0) is 25.1 Å². The highest BCUT2D eigenvalue weighted by Gasteiger charge is 2.08. The molecule has 0 bridgehead atoms. The van der Waals surface area contributed by atoms with Gasteiger partial charge in [0, 0.05) is 24.4 Å². The largest absolute Gasteiger partial charge is 0.493 e. The predicted octanol–water partition coefficient (Wildman–Crippen LogP) is 2.21. The molecule has 0 aliphatic heterocycles. The lowest BCUT2D eigenvalue weighted by Gasteiger charge is -2.10. The quantitative estimate of drug-likeness (QED) is 0.773. The number of methoxy groups -OCH3 is 1. The Labute approximate surface area is 111 Å². The summed E-state index contributed by atoms with van der Waals surface area (Å²) in [4.78, 5) is 11.3. The molecule has 1 aromatic carbocycles. The van der Waals surface area contributed by atoms with Crippen LogP contribution in [0.5, 0.6) is 11.5 Å². The second-order valence-corrected chi connectivity index (χ2v) is 4.23. The van der Waals surface area contributed by atoms with Gasteiger partial charge in [0.15, 0.2) is 17.3 Å². The fourth-order valence-electron chi connectivity index (χ4n) is 1.71. The first kappa shape index (κ1) is 13.1. The molecule has 0 saturated carbocycles. The van der Waals surface area contributed by atoms with Crippen LogP contribution in [0.1, 0.15) is 22.8 Å². The molecular weight excluding hydrogens is 244 g/mol. The summed E-state index contributed by atoms with van der Waals surface area (Å²) in [6.45, 7) is 1.93. The zero-order valence-electron chi connectivity index (χ0n) is 11.2. The topological polar surface area (TPSA) is 53.4 Å². The fourth-order valence-corrected chi connectivity index (χ4v) is 1.71. The number of benzene rings is 1. The number of Topliss-reactive ketones (excluding diaryl/α,β-unsaturated/α-hetero) is 1. The number of hydrogen-bond acceptors (Lipinski definition) is 4. The lowest BCUT2D eigenvalue weighted by Crippen LogP contribution is -1.99. The van der Waals surface area contributed by atoms with Crippen LogP contribution in [-0.4, -0.2) is 22.7 Å². The maximum Gasteiger partial charge on any atom is 0.161 e. The van der Waals surface area contributed by atoms with Crippen molar-refractivity contribution >= 4 is 5.78 Å². The van der Waals surface area contributed by atoms with Gasteiger partial charge in [0.05, 0.1) is 13.3 Å². The Kier molecular flexibility index (Phi) is 3.85. The van der Waals surface area contributed by atoms with Gasteiger partial charge in [-0.3, -0.25) is 9.48 Å². The Hall–Kier alpha value is -2.30. The summed E-state index contributed by atoms with van der Waals surface area (Å²) in [6.07, 6.45) is 3.63. The van der Waals surface area contributed by atoms with Crippen molar-refractivity contribution in [2.75, 3.05) is 7.11 Å². The monoisotopic (exact) mass is 260 g/mol. The molecule has 0 spiro atoms. The van der Waals surface area contributed by atoms with E-state index in [2.05, 4.69) is 5.10 Å². The van der Waals surface area contributed by atoms with Crippen molar-refractivity contribution in [1.29, 1.82) is 0 Å². The number of hydrogen-bond donors (Lipinski definition) is 0. The molecule has 0 radical (unpaired) electrons. The standard InChI is InChI=1S/C14H16N2O3/c1-10(17)12-4-5-13(14(6-12)18-3)19-9-11-7-15-16(2)8-11/h4-8H,9H2,1-3H3. The van der Waals surface area contributed by atoms with Gasteiger partial charge in [-0.25, -0.2) is 0 Å². The van der Waals surface area contributed by atoms with Crippen molar-refractivity contribution in [2.45, 2.75) is 13.5 Å². The van der Waals surface area contributed by atoms with E-state index in [0.717, 1.165) is 5.56 Å². The SMILES string of the molecule is COc1cc(C(C)=O)ccc1OCc1cnn(C)c1. The molecule has 0 aliphatic rings. The third-order valence-corrected chi connectivity index (χ3v) is 2.72. The number of rotatable bonds is 5. The van der Waals surface area contributed by atoms with E-state index in [0.29, 0.717) is 23.7 Å². The zero-order chi connectivity index (χ0) is 13.8. The Morgan fingerprint density at radius 3 is 2.74 bits per heavy atom. The highest BCUT2D eigenvalue weighted by molar-refractivity contribution is 5.94. The molecule has 0 amide bonds. The van der Waals surface area contributed by atoms with Crippen LogP contribution in [0.25, 0.3) is 0 Å². The van der Waals surface area contributed by atoms with Crippen molar-refractivity contribution in [3.8, 4) is 11.5 Å². The second kappa shape index (κ2) is 5.56. The van der Waals surface area contributed by atoms with Gasteiger partial charge in [0.1, 0.15) is 6.61 Å². The lowest BCUT2D eigenvalue weighted by atomic mass is 10.1. The first-order valence-corrected chi connectivity index (χ1v) is 5.89. The summed E-state index contributed by atoms with van der Waals surface area (Å²) in [5, 5.41) is 4.07. The van der Waals surface area contributed by atoms with Gasteiger partial charge < -0.3 is 9.47 Å². The van der Waals surface area contributed by atoms with Crippen molar-refractivity contribution < 1.29 is 14.3 Å². The Morgan fingerprint density at radius 2 is 2.16 bits per heavy atom. The Balaban J connectivity index is 2.13. The summed E-state index contributed by atoms with van der Waals surface area (Å²) < 4.78 is 12.6. The molecule has 0 unspecified atom stereocenters. The van der Waals surface area contributed by atoms with E-state index >= 15 is 0 Å². The van der Waals surface area contributed by atoms with Crippen LogP contribution in [0.15, 0.2) is 30.6 Å². The molecule has 100 valence electrons. The molecule has 0 aliphatic carbocycles. The first-order chi connectivity index (χ1) is 9.10. The van der Waals surface area contributed by atoms with Crippen LogP contribution in [0.4, 0.5) is 0 Å². The number of carbonyl (C=O) groups excluding carboxylic acids is 1. The molecule has 5 nitrogen and oxygen atoms in total. The molecule has 0 atom stereocenters. The smallest absolute Gasteiger partial charge is 0.161 e. The van der Waals surface area contributed by atoms with Crippen LogP contribution >= 0.6 is 0 Å². The van der Waals surface area contributed by atoms with E-state index in [-0.39, 0.29) is 5.78 Å². The number of aromatic nitrogens is 2. The number of nitrogens with zero attached hydrogens (tertiary/aromatic N) is 2. The summed E-state index contributed by atoms with van der Waals surface area (Å²) >= 11 is 0. The van der Waals surface area contributed by atoms with E-state index in [1.807, 2.05) is 13.2 Å². The third-order valence-electron chi connectivity index (χ3n) is 2.72. The Bertz CT molecular complexity index is 590. The van der Waals surface area contributed by atoms with Gasteiger partial charge in [-0.1, -0.05) is 0 Å². The molecule has 0 N–H and O–H groups in total. The molecule has 5 heteroatoms. The summed E-state index contributed by atoms with van der Waals surface area (Å²) in [5.74, 6) is 1.16. The van der Waals surface area contributed by atoms with Gasteiger partial charge in [-0.2, -0.15) is 5.10 Å². The number of ketones is 1. The fraction of sp³-hybridized carbons (Fsp3) is 0.286. The van der Waals surface area contributed by atoms with Crippen molar-refractivity contribution in [3.63, 3.8) is 0 Å². The number of carbonyl (C=O) groups is 1. The van der Waals surface area contributed by atoms with E-state index in [1.165, 1.54) is 6.92 Å².